The first-order valence-corrected chi connectivity index (χ1v) is 7.47. The van der Waals surface area contributed by atoms with Gasteiger partial charge in [0.2, 0.25) is 0 Å². The second-order valence-corrected chi connectivity index (χ2v) is 5.61. The lowest BCUT2D eigenvalue weighted by Crippen LogP contribution is -2.40. The van der Waals surface area contributed by atoms with Crippen LogP contribution in [0.4, 0.5) is 0 Å². The average molecular weight is 300 g/mol. The Bertz CT molecular complexity index is 654. The second kappa shape index (κ2) is 6.17. The fourth-order valence-corrected chi connectivity index (χ4v) is 2.90. The Kier molecular flexibility index (Phi) is 4.09. The molecular formula is C16H20N4O2. The second-order valence-electron chi connectivity index (χ2n) is 5.61. The molecule has 1 aliphatic rings. The first-order valence-electron chi connectivity index (χ1n) is 7.47. The summed E-state index contributed by atoms with van der Waals surface area (Å²) < 4.78 is 7.15. The Balaban J connectivity index is 1.77. The summed E-state index contributed by atoms with van der Waals surface area (Å²) >= 11 is 0. The number of rotatable bonds is 3. The third kappa shape index (κ3) is 2.81. The first-order chi connectivity index (χ1) is 10.7. The number of ether oxygens (including phenoxy) is 1. The van der Waals surface area contributed by atoms with E-state index in [1.807, 2.05) is 34.7 Å². The molecule has 0 unspecified atom stereocenters. The molecule has 22 heavy (non-hydrogen) atoms. The van der Waals surface area contributed by atoms with Crippen LogP contribution in [0.25, 0.3) is 0 Å². The van der Waals surface area contributed by atoms with Crippen LogP contribution in [0.5, 0.6) is 5.75 Å². The Labute approximate surface area is 129 Å². The molecule has 0 N–H and O–H groups in total. The fraction of sp³-hybridized carbons (Fsp3) is 0.438. The van der Waals surface area contributed by atoms with Crippen molar-refractivity contribution in [2.45, 2.75) is 25.8 Å². The van der Waals surface area contributed by atoms with Crippen LogP contribution < -0.4 is 4.74 Å². The summed E-state index contributed by atoms with van der Waals surface area (Å²) in [4.78, 5) is 18.6. The molecule has 3 rings (SSSR count). The van der Waals surface area contributed by atoms with Crippen molar-refractivity contribution in [3.05, 3.63) is 42.0 Å². The summed E-state index contributed by atoms with van der Waals surface area (Å²) in [6.45, 7) is 3.41. The van der Waals surface area contributed by atoms with E-state index in [9.17, 15) is 4.79 Å². The fourth-order valence-electron chi connectivity index (χ4n) is 2.90. The van der Waals surface area contributed by atoms with Crippen LogP contribution >= 0.6 is 0 Å². The summed E-state index contributed by atoms with van der Waals surface area (Å²) in [5.41, 5.74) is 1.69. The van der Waals surface area contributed by atoms with E-state index >= 15 is 0 Å². The number of aryl methyl sites for hydroxylation is 1. The van der Waals surface area contributed by atoms with Crippen LogP contribution in [-0.2, 0) is 0 Å². The molecular weight excluding hydrogens is 280 g/mol. The van der Waals surface area contributed by atoms with E-state index in [2.05, 4.69) is 10.1 Å². The highest BCUT2D eigenvalue weighted by Gasteiger charge is 2.26. The number of hydrogen-bond acceptors (Lipinski definition) is 4. The van der Waals surface area contributed by atoms with Crippen molar-refractivity contribution in [1.82, 2.24) is 19.7 Å². The molecule has 6 heteroatoms. The van der Waals surface area contributed by atoms with Crippen molar-refractivity contribution < 1.29 is 9.53 Å². The van der Waals surface area contributed by atoms with E-state index in [4.69, 9.17) is 4.74 Å². The number of aromatic nitrogens is 3. The highest BCUT2D eigenvalue weighted by atomic mass is 16.5. The number of methoxy groups -OCH3 is 1. The molecule has 1 aromatic heterocycles. The minimum absolute atomic E-state index is 0.0446. The maximum Gasteiger partial charge on any atom is 0.254 e. The number of hydrogen-bond donors (Lipinski definition) is 0. The number of piperidine rings is 1. The van der Waals surface area contributed by atoms with Crippen LogP contribution in [0, 0.1) is 6.92 Å². The maximum atomic E-state index is 12.7. The van der Waals surface area contributed by atoms with Crippen molar-refractivity contribution >= 4 is 5.91 Å². The minimum Gasteiger partial charge on any atom is -0.496 e. The van der Waals surface area contributed by atoms with Gasteiger partial charge in [0.05, 0.1) is 13.2 Å². The maximum absolute atomic E-state index is 12.7. The summed E-state index contributed by atoms with van der Waals surface area (Å²) in [5, 5.41) is 4.19. The molecule has 1 saturated heterocycles. The van der Waals surface area contributed by atoms with Crippen molar-refractivity contribution in [2.75, 3.05) is 20.2 Å². The van der Waals surface area contributed by atoms with Crippen LogP contribution in [0.1, 0.15) is 34.8 Å². The average Bonchev–Trinajstić information content (AvgIpc) is 3.09. The summed E-state index contributed by atoms with van der Waals surface area (Å²) in [5.74, 6) is 0.791. The van der Waals surface area contributed by atoms with Gasteiger partial charge in [0.1, 0.15) is 18.4 Å². The lowest BCUT2D eigenvalue weighted by Gasteiger charge is -2.32. The predicted octanol–water partition coefficient (Wildman–Crippen LogP) is 2.07. The van der Waals surface area contributed by atoms with Crippen molar-refractivity contribution in [2.24, 2.45) is 0 Å². The Morgan fingerprint density at radius 1 is 1.41 bits per heavy atom. The quantitative estimate of drug-likeness (QED) is 0.870. The standard InChI is InChI=1S/C16H20N4O2/c1-12-5-6-13(8-15(12)22-2)16(21)19-7-3-4-14(9-19)20-11-17-10-18-20/h5-6,8,10-11,14H,3-4,7,9H2,1-2H3/t14-/m0/s1. The van der Waals surface area contributed by atoms with Crippen molar-refractivity contribution in [1.29, 1.82) is 0 Å². The highest BCUT2D eigenvalue weighted by molar-refractivity contribution is 5.94. The predicted molar refractivity (Wildman–Crippen MR) is 81.9 cm³/mol. The van der Waals surface area contributed by atoms with Crippen LogP contribution in [-0.4, -0.2) is 45.8 Å². The van der Waals surface area contributed by atoms with Crippen LogP contribution in [0.2, 0.25) is 0 Å². The Hall–Kier alpha value is -2.37. The van der Waals surface area contributed by atoms with Crippen molar-refractivity contribution in [3.8, 4) is 5.75 Å². The largest absolute Gasteiger partial charge is 0.496 e. The minimum atomic E-state index is 0.0446. The first kappa shape index (κ1) is 14.6. The van der Waals surface area contributed by atoms with Gasteiger partial charge >= 0.3 is 0 Å². The number of nitrogens with zero attached hydrogens (tertiary/aromatic N) is 4. The molecule has 0 radical (unpaired) electrons. The number of carbonyl (C=O) groups excluding carboxylic acids is 1. The number of benzene rings is 1. The number of carbonyl (C=O) groups is 1. The monoisotopic (exact) mass is 300 g/mol. The third-order valence-corrected chi connectivity index (χ3v) is 4.15. The zero-order valence-corrected chi connectivity index (χ0v) is 12.9. The van der Waals surface area contributed by atoms with Gasteiger partial charge in [0, 0.05) is 18.7 Å². The van der Waals surface area contributed by atoms with Gasteiger partial charge in [-0.1, -0.05) is 6.07 Å². The van der Waals surface area contributed by atoms with Gasteiger partial charge in [0.15, 0.2) is 0 Å². The zero-order valence-electron chi connectivity index (χ0n) is 12.9. The van der Waals surface area contributed by atoms with Gasteiger partial charge in [-0.15, -0.1) is 0 Å². The van der Waals surface area contributed by atoms with Gasteiger partial charge in [-0.25, -0.2) is 9.67 Å². The zero-order chi connectivity index (χ0) is 15.5. The van der Waals surface area contributed by atoms with Gasteiger partial charge < -0.3 is 9.64 Å². The van der Waals surface area contributed by atoms with E-state index in [0.717, 1.165) is 30.7 Å². The molecule has 1 aliphatic heterocycles. The molecule has 1 aromatic carbocycles. The van der Waals surface area contributed by atoms with E-state index in [1.165, 1.54) is 6.33 Å². The van der Waals surface area contributed by atoms with Crippen LogP contribution in [0.3, 0.4) is 0 Å². The van der Waals surface area contributed by atoms with Gasteiger partial charge in [-0.3, -0.25) is 4.79 Å². The molecule has 1 fully saturated rings. The Morgan fingerprint density at radius 2 is 2.27 bits per heavy atom. The third-order valence-electron chi connectivity index (χ3n) is 4.15. The Morgan fingerprint density at radius 3 is 3.00 bits per heavy atom. The molecule has 1 atom stereocenters. The number of amides is 1. The van der Waals surface area contributed by atoms with E-state index < -0.39 is 0 Å². The molecule has 6 nitrogen and oxygen atoms in total. The molecule has 116 valence electrons. The molecule has 0 spiro atoms. The SMILES string of the molecule is COc1cc(C(=O)N2CCC[C@H](n3cncn3)C2)ccc1C. The van der Waals surface area contributed by atoms with Gasteiger partial charge in [-0.2, -0.15) is 5.10 Å². The molecule has 0 bridgehead atoms. The van der Waals surface area contributed by atoms with E-state index in [1.54, 1.807) is 13.4 Å². The van der Waals surface area contributed by atoms with Crippen molar-refractivity contribution in [3.63, 3.8) is 0 Å². The lowest BCUT2D eigenvalue weighted by molar-refractivity contribution is 0.0672. The van der Waals surface area contributed by atoms with Gasteiger partial charge in [0.25, 0.3) is 5.91 Å². The van der Waals surface area contributed by atoms with E-state index in [0.29, 0.717) is 12.1 Å². The summed E-state index contributed by atoms with van der Waals surface area (Å²) in [6, 6.07) is 5.80. The molecule has 0 aliphatic carbocycles. The molecule has 0 saturated carbocycles. The lowest BCUT2D eigenvalue weighted by atomic mass is 10.0. The smallest absolute Gasteiger partial charge is 0.254 e. The van der Waals surface area contributed by atoms with Gasteiger partial charge in [-0.05, 0) is 37.5 Å². The normalized spacial score (nSPS) is 18.3. The summed E-state index contributed by atoms with van der Waals surface area (Å²) in [6.07, 6.45) is 5.24. The van der Waals surface area contributed by atoms with Crippen LogP contribution in [0.15, 0.2) is 30.9 Å². The molecule has 2 heterocycles. The molecule has 2 aromatic rings. The van der Waals surface area contributed by atoms with E-state index in [-0.39, 0.29) is 11.9 Å². The highest BCUT2D eigenvalue weighted by Crippen LogP contribution is 2.24. The topological polar surface area (TPSA) is 60.2 Å². The number of likely N-dealkylation sites (tertiary alicyclic amines) is 1. The molecule has 1 amide bonds. The summed E-state index contributed by atoms with van der Waals surface area (Å²) in [7, 11) is 1.62.